The predicted molar refractivity (Wildman–Crippen MR) is 84.2 cm³/mol. The quantitative estimate of drug-likeness (QED) is 0.919. The molecule has 0 aliphatic carbocycles. The highest BCUT2D eigenvalue weighted by molar-refractivity contribution is 5.95. The van der Waals surface area contributed by atoms with Crippen molar-refractivity contribution >= 4 is 11.8 Å². The molecule has 1 atom stereocenters. The second-order valence-corrected chi connectivity index (χ2v) is 6.46. The van der Waals surface area contributed by atoms with Gasteiger partial charge in [-0.15, -0.1) is 0 Å². The van der Waals surface area contributed by atoms with Crippen molar-refractivity contribution in [2.45, 2.75) is 39.2 Å². The molecule has 0 spiro atoms. The number of ether oxygens (including phenoxy) is 1. The minimum Gasteiger partial charge on any atom is -0.466 e. The van der Waals surface area contributed by atoms with Crippen LogP contribution in [0.2, 0.25) is 0 Å². The summed E-state index contributed by atoms with van der Waals surface area (Å²) >= 11 is 0. The second kappa shape index (κ2) is 6.74. The molecule has 2 amide bonds. The van der Waals surface area contributed by atoms with E-state index in [-0.39, 0.29) is 23.8 Å². The van der Waals surface area contributed by atoms with Gasteiger partial charge < -0.3 is 19.4 Å². The maximum absolute atomic E-state index is 12.3. The fourth-order valence-electron chi connectivity index (χ4n) is 3.35. The molecule has 0 bridgehead atoms. The van der Waals surface area contributed by atoms with Gasteiger partial charge >= 0.3 is 0 Å². The molecule has 0 saturated carbocycles. The van der Waals surface area contributed by atoms with Crippen LogP contribution in [0.1, 0.15) is 41.1 Å². The minimum absolute atomic E-state index is 0.0256. The van der Waals surface area contributed by atoms with E-state index in [4.69, 9.17) is 9.15 Å². The van der Waals surface area contributed by atoms with E-state index in [9.17, 15) is 9.59 Å². The number of furan rings is 1. The molecule has 2 saturated heterocycles. The Bertz CT molecular complexity index is 581. The maximum atomic E-state index is 12.3. The molecule has 2 aliphatic heterocycles. The van der Waals surface area contributed by atoms with Crippen LogP contribution < -0.4 is 5.32 Å². The normalized spacial score (nSPS) is 22.3. The van der Waals surface area contributed by atoms with E-state index >= 15 is 0 Å². The summed E-state index contributed by atoms with van der Waals surface area (Å²) in [5.41, 5.74) is 0.601. The number of carbonyl (C=O) groups is 2. The number of hydrogen-bond acceptors (Lipinski definition) is 4. The van der Waals surface area contributed by atoms with E-state index in [1.165, 1.54) is 0 Å². The Morgan fingerprint density at radius 1 is 1.22 bits per heavy atom. The molecule has 1 aromatic rings. The summed E-state index contributed by atoms with van der Waals surface area (Å²) in [6, 6.07) is 1.88. The Labute approximate surface area is 136 Å². The van der Waals surface area contributed by atoms with Gasteiger partial charge in [-0.3, -0.25) is 9.59 Å². The fraction of sp³-hybridized carbons (Fsp3) is 0.647. The Morgan fingerprint density at radius 2 is 1.96 bits per heavy atom. The number of likely N-dealkylation sites (tertiary alicyclic amines) is 1. The van der Waals surface area contributed by atoms with Gasteiger partial charge in [0, 0.05) is 25.7 Å². The van der Waals surface area contributed by atoms with Crippen LogP contribution in [0.15, 0.2) is 10.5 Å². The Hall–Kier alpha value is -1.82. The number of rotatable bonds is 3. The lowest BCUT2D eigenvalue weighted by Gasteiger charge is -2.33. The lowest BCUT2D eigenvalue weighted by atomic mass is 10.0. The number of aryl methyl sites for hydroxylation is 2. The summed E-state index contributed by atoms with van der Waals surface area (Å²) in [4.78, 5) is 26.6. The molecule has 1 N–H and O–H groups in total. The molecule has 126 valence electrons. The third-order valence-electron chi connectivity index (χ3n) is 4.71. The summed E-state index contributed by atoms with van der Waals surface area (Å²) in [7, 11) is 0. The van der Waals surface area contributed by atoms with E-state index in [1.54, 1.807) is 13.0 Å². The fourth-order valence-corrected chi connectivity index (χ4v) is 3.35. The van der Waals surface area contributed by atoms with E-state index in [0.717, 1.165) is 25.0 Å². The molecule has 23 heavy (non-hydrogen) atoms. The second-order valence-electron chi connectivity index (χ2n) is 6.46. The average Bonchev–Trinajstić information content (AvgIpc) is 3.17. The van der Waals surface area contributed by atoms with Gasteiger partial charge in [0.15, 0.2) is 0 Å². The minimum atomic E-state index is -0.0895. The van der Waals surface area contributed by atoms with E-state index in [2.05, 4.69) is 5.32 Å². The van der Waals surface area contributed by atoms with Gasteiger partial charge in [0.05, 0.1) is 18.1 Å². The third kappa shape index (κ3) is 3.58. The van der Waals surface area contributed by atoms with E-state index in [0.29, 0.717) is 37.6 Å². The van der Waals surface area contributed by atoms with Gasteiger partial charge in [0.25, 0.3) is 5.91 Å². The zero-order valence-corrected chi connectivity index (χ0v) is 13.8. The largest absolute Gasteiger partial charge is 0.466 e. The summed E-state index contributed by atoms with van der Waals surface area (Å²) in [5.74, 6) is 1.53. The number of nitrogens with one attached hydrogen (secondary N) is 1. The molecule has 3 heterocycles. The topological polar surface area (TPSA) is 71.8 Å². The number of hydrogen-bond donors (Lipinski definition) is 1. The molecular weight excluding hydrogens is 296 g/mol. The molecule has 1 aromatic heterocycles. The molecule has 2 aliphatic rings. The van der Waals surface area contributed by atoms with Crippen LogP contribution >= 0.6 is 0 Å². The summed E-state index contributed by atoms with van der Waals surface area (Å²) < 4.78 is 10.7. The standard InChI is InChI=1S/C17H24N2O4/c1-11-9-15(12(2)23-11)16(20)18-14-3-6-19(7-4-14)17(21)13-5-8-22-10-13/h9,13-14H,3-8,10H2,1-2H3,(H,18,20). The Kier molecular flexibility index (Phi) is 4.71. The highest BCUT2D eigenvalue weighted by Gasteiger charge is 2.31. The first-order chi connectivity index (χ1) is 11.0. The molecule has 3 rings (SSSR count). The van der Waals surface area contributed by atoms with Crippen LogP contribution in [0.5, 0.6) is 0 Å². The van der Waals surface area contributed by atoms with Crippen LogP contribution in [-0.4, -0.2) is 49.1 Å². The van der Waals surface area contributed by atoms with Gasteiger partial charge in [0.1, 0.15) is 11.5 Å². The molecule has 6 nitrogen and oxygen atoms in total. The molecular formula is C17H24N2O4. The van der Waals surface area contributed by atoms with Crippen molar-refractivity contribution in [3.8, 4) is 0 Å². The van der Waals surface area contributed by atoms with Crippen molar-refractivity contribution < 1.29 is 18.7 Å². The van der Waals surface area contributed by atoms with Gasteiger partial charge in [-0.1, -0.05) is 0 Å². The lowest BCUT2D eigenvalue weighted by Crippen LogP contribution is -2.48. The van der Waals surface area contributed by atoms with Crippen LogP contribution in [0.4, 0.5) is 0 Å². The zero-order chi connectivity index (χ0) is 16.4. The lowest BCUT2D eigenvalue weighted by molar-refractivity contribution is -0.136. The molecule has 0 aromatic carbocycles. The molecule has 0 radical (unpaired) electrons. The number of nitrogens with zero attached hydrogens (tertiary/aromatic N) is 1. The number of amides is 2. The first-order valence-electron chi connectivity index (χ1n) is 8.29. The molecule has 2 fully saturated rings. The Morgan fingerprint density at radius 3 is 2.52 bits per heavy atom. The maximum Gasteiger partial charge on any atom is 0.255 e. The number of carbonyl (C=O) groups excluding carboxylic acids is 2. The van der Waals surface area contributed by atoms with Crippen molar-refractivity contribution in [2.24, 2.45) is 5.92 Å². The van der Waals surface area contributed by atoms with Crippen LogP contribution in [-0.2, 0) is 9.53 Å². The highest BCUT2D eigenvalue weighted by Crippen LogP contribution is 2.20. The van der Waals surface area contributed by atoms with Gasteiger partial charge in [-0.25, -0.2) is 0 Å². The third-order valence-corrected chi connectivity index (χ3v) is 4.71. The smallest absolute Gasteiger partial charge is 0.255 e. The predicted octanol–water partition coefficient (Wildman–Crippen LogP) is 1.65. The average molecular weight is 320 g/mol. The van der Waals surface area contributed by atoms with Crippen molar-refractivity contribution in [1.82, 2.24) is 10.2 Å². The first kappa shape index (κ1) is 16.1. The first-order valence-corrected chi connectivity index (χ1v) is 8.29. The van der Waals surface area contributed by atoms with Crippen molar-refractivity contribution in [3.63, 3.8) is 0 Å². The van der Waals surface area contributed by atoms with Crippen LogP contribution in [0.25, 0.3) is 0 Å². The molecule has 1 unspecified atom stereocenters. The summed E-state index contributed by atoms with van der Waals surface area (Å²) in [6.45, 7) is 6.27. The van der Waals surface area contributed by atoms with Gasteiger partial charge in [-0.05, 0) is 39.2 Å². The SMILES string of the molecule is Cc1cc(C(=O)NC2CCN(C(=O)C3CCOC3)CC2)c(C)o1. The van der Waals surface area contributed by atoms with Gasteiger partial charge in [-0.2, -0.15) is 0 Å². The monoisotopic (exact) mass is 320 g/mol. The van der Waals surface area contributed by atoms with Gasteiger partial charge in [0.2, 0.25) is 5.91 Å². The summed E-state index contributed by atoms with van der Waals surface area (Å²) in [5, 5.41) is 3.06. The Balaban J connectivity index is 1.50. The van der Waals surface area contributed by atoms with Crippen LogP contribution in [0.3, 0.4) is 0 Å². The van der Waals surface area contributed by atoms with Crippen molar-refractivity contribution in [2.75, 3.05) is 26.3 Å². The van der Waals surface area contributed by atoms with Crippen molar-refractivity contribution in [1.29, 1.82) is 0 Å². The van der Waals surface area contributed by atoms with Crippen molar-refractivity contribution in [3.05, 3.63) is 23.2 Å². The zero-order valence-electron chi connectivity index (χ0n) is 13.8. The molecule has 6 heteroatoms. The van der Waals surface area contributed by atoms with Crippen LogP contribution in [0, 0.1) is 19.8 Å². The summed E-state index contributed by atoms with van der Waals surface area (Å²) in [6.07, 6.45) is 2.41. The highest BCUT2D eigenvalue weighted by atomic mass is 16.5. The number of piperidine rings is 1. The van der Waals surface area contributed by atoms with E-state index < -0.39 is 0 Å². The van der Waals surface area contributed by atoms with E-state index in [1.807, 2.05) is 11.8 Å².